The van der Waals surface area contributed by atoms with Gasteiger partial charge in [-0.25, -0.2) is 0 Å². The largest absolute Gasteiger partial charge is 0.389 e. The predicted molar refractivity (Wildman–Crippen MR) is 68.5 cm³/mol. The summed E-state index contributed by atoms with van der Waals surface area (Å²) in [6.45, 7) is 0. The highest BCUT2D eigenvalue weighted by Crippen LogP contribution is 2.07. The van der Waals surface area contributed by atoms with Crippen LogP contribution >= 0.6 is 22.6 Å². The summed E-state index contributed by atoms with van der Waals surface area (Å²) >= 11 is 2.13. The average molecular weight is 302 g/mol. The number of halogens is 1. The monoisotopic (exact) mass is 302 g/mol. The first-order chi connectivity index (χ1) is 6.83. The van der Waals surface area contributed by atoms with Crippen LogP contribution < -0.4 is 0 Å². The molecule has 0 aliphatic rings. The molecule has 0 heterocycles. The highest BCUT2D eigenvalue weighted by atomic mass is 127. The maximum absolute atomic E-state index is 9.44. The Balaban J connectivity index is 2.22. The Labute approximate surface area is 99.0 Å². The molecule has 0 saturated carbocycles. The van der Waals surface area contributed by atoms with Crippen molar-refractivity contribution < 1.29 is 5.11 Å². The number of aliphatic hydroxyl groups is 1. The summed E-state index contributed by atoms with van der Waals surface area (Å²) in [7, 11) is 0. The standard InChI is InChI=1S/C12H15IO/c13-10-9-12(14)8-4-7-11-5-2-1-3-6-11/h1-3,5-6,9-10,12,14H,4,7-8H2. The van der Waals surface area contributed by atoms with Crippen molar-refractivity contribution in [1.82, 2.24) is 0 Å². The first-order valence-electron chi connectivity index (χ1n) is 4.82. The number of aliphatic hydroxyl groups excluding tert-OH is 1. The van der Waals surface area contributed by atoms with Gasteiger partial charge in [0, 0.05) is 0 Å². The van der Waals surface area contributed by atoms with Gasteiger partial charge in [0.05, 0.1) is 6.10 Å². The smallest absolute Gasteiger partial charge is 0.0728 e. The Morgan fingerprint density at radius 1 is 1.29 bits per heavy atom. The summed E-state index contributed by atoms with van der Waals surface area (Å²) in [5.74, 6) is 0. The van der Waals surface area contributed by atoms with E-state index in [1.165, 1.54) is 5.56 Å². The second-order valence-electron chi connectivity index (χ2n) is 3.26. The summed E-state index contributed by atoms with van der Waals surface area (Å²) in [5, 5.41) is 9.44. The van der Waals surface area contributed by atoms with Crippen LogP contribution in [0.4, 0.5) is 0 Å². The van der Waals surface area contributed by atoms with Crippen molar-refractivity contribution in [1.29, 1.82) is 0 Å². The van der Waals surface area contributed by atoms with E-state index in [0.717, 1.165) is 19.3 Å². The van der Waals surface area contributed by atoms with Crippen LogP contribution in [0.15, 0.2) is 40.5 Å². The number of hydrogen-bond donors (Lipinski definition) is 1. The molecule has 2 heteroatoms. The first kappa shape index (κ1) is 11.7. The van der Waals surface area contributed by atoms with Crippen molar-refractivity contribution in [3.8, 4) is 0 Å². The van der Waals surface area contributed by atoms with Crippen LogP contribution in [-0.4, -0.2) is 11.2 Å². The Hall–Kier alpha value is -0.350. The topological polar surface area (TPSA) is 20.2 Å². The van der Waals surface area contributed by atoms with Crippen LogP contribution in [0.2, 0.25) is 0 Å². The molecule has 1 atom stereocenters. The molecule has 0 aliphatic carbocycles. The number of benzene rings is 1. The van der Waals surface area contributed by atoms with Gasteiger partial charge in [-0.2, -0.15) is 0 Å². The predicted octanol–water partition coefficient (Wildman–Crippen LogP) is 3.32. The highest BCUT2D eigenvalue weighted by molar-refractivity contribution is 14.1. The lowest BCUT2D eigenvalue weighted by molar-refractivity contribution is 0.210. The molecule has 1 nitrogen and oxygen atoms in total. The zero-order valence-corrected chi connectivity index (χ0v) is 10.2. The lowest BCUT2D eigenvalue weighted by Gasteiger charge is -2.04. The minimum Gasteiger partial charge on any atom is -0.389 e. The molecule has 1 N–H and O–H groups in total. The van der Waals surface area contributed by atoms with Gasteiger partial charge in [0.15, 0.2) is 0 Å². The Bertz CT molecular complexity index is 269. The summed E-state index contributed by atoms with van der Waals surface area (Å²) in [6, 6.07) is 10.4. The highest BCUT2D eigenvalue weighted by Gasteiger charge is 1.98. The number of rotatable bonds is 5. The average Bonchev–Trinajstić information content (AvgIpc) is 2.20. The second kappa shape index (κ2) is 7.01. The van der Waals surface area contributed by atoms with Crippen LogP contribution in [0, 0.1) is 0 Å². The van der Waals surface area contributed by atoms with Gasteiger partial charge in [0.2, 0.25) is 0 Å². The summed E-state index contributed by atoms with van der Waals surface area (Å²) in [6.07, 6.45) is 4.47. The molecule has 0 aromatic heterocycles. The molecule has 0 spiro atoms. The van der Waals surface area contributed by atoms with E-state index in [0.29, 0.717) is 0 Å². The van der Waals surface area contributed by atoms with Crippen LogP contribution in [-0.2, 0) is 6.42 Å². The Kier molecular flexibility index (Phi) is 5.87. The maximum atomic E-state index is 9.44. The third-order valence-corrected chi connectivity index (χ3v) is 2.52. The van der Waals surface area contributed by atoms with Crippen LogP contribution in [0.5, 0.6) is 0 Å². The molecule has 0 bridgehead atoms. The maximum Gasteiger partial charge on any atom is 0.0728 e. The zero-order valence-electron chi connectivity index (χ0n) is 8.07. The van der Waals surface area contributed by atoms with Crippen LogP contribution in [0.1, 0.15) is 18.4 Å². The third kappa shape index (κ3) is 4.77. The van der Waals surface area contributed by atoms with Gasteiger partial charge in [0.25, 0.3) is 0 Å². The molecule has 0 fully saturated rings. The van der Waals surface area contributed by atoms with Crippen molar-refractivity contribution in [2.75, 3.05) is 0 Å². The lowest BCUT2D eigenvalue weighted by atomic mass is 10.1. The number of aryl methyl sites for hydroxylation is 1. The van der Waals surface area contributed by atoms with E-state index in [1.807, 2.05) is 16.2 Å². The molecule has 1 rings (SSSR count). The van der Waals surface area contributed by atoms with Gasteiger partial charge >= 0.3 is 0 Å². The molecular formula is C12H15IO. The normalized spacial score (nSPS) is 13.3. The van der Waals surface area contributed by atoms with Crippen molar-refractivity contribution in [2.45, 2.75) is 25.4 Å². The van der Waals surface area contributed by atoms with E-state index in [1.54, 1.807) is 0 Å². The zero-order chi connectivity index (χ0) is 10.2. The lowest BCUT2D eigenvalue weighted by Crippen LogP contribution is -2.01. The molecule has 0 saturated heterocycles. The molecule has 14 heavy (non-hydrogen) atoms. The molecule has 1 aromatic rings. The van der Waals surface area contributed by atoms with Gasteiger partial charge < -0.3 is 5.11 Å². The Morgan fingerprint density at radius 3 is 2.64 bits per heavy atom. The molecule has 0 radical (unpaired) electrons. The van der Waals surface area contributed by atoms with Crippen LogP contribution in [0.3, 0.4) is 0 Å². The third-order valence-electron chi connectivity index (χ3n) is 2.10. The number of hydrogen-bond acceptors (Lipinski definition) is 1. The van der Waals surface area contributed by atoms with E-state index < -0.39 is 0 Å². The molecule has 1 unspecified atom stereocenters. The quantitative estimate of drug-likeness (QED) is 0.827. The van der Waals surface area contributed by atoms with E-state index >= 15 is 0 Å². The molecule has 0 aliphatic heterocycles. The van der Waals surface area contributed by atoms with Gasteiger partial charge in [-0.1, -0.05) is 59.0 Å². The van der Waals surface area contributed by atoms with Crippen molar-refractivity contribution in [2.24, 2.45) is 0 Å². The SMILES string of the molecule is OC(C=CI)CCCc1ccccc1. The second-order valence-corrected chi connectivity index (χ2v) is 3.98. The molecule has 1 aromatic carbocycles. The van der Waals surface area contributed by atoms with E-state index in [9.17, 15) is 5.11 Å². The summed E-state index contributed by atoms with van der Waals surface area (Å²) < 4.78 is 1.87. The minimum atomic E-state index is -0.282. The van der Waals surface area contributed by atoms with E-state index in [4.69, 9.17) is 0 Å². The minimum absolute atomic E-state index is 0.282. The fourth-order valence-corrected chi connectivity index (χ4v) is 1.82. The van der Waals surface area contributed by atoms with E-state index in [-0.39, 0.29) is 6.10 Å². The molecule has 76 valence electrons. The summed E-state index contributed by atoms with van der Waals surface area (Å²) in [4.78, 5) is 0. The van der Waals surface area contributed by atoms with Crippen molar-refractivity contribution in [3.05, 3.63) is 46.1 Å². The molecular weight excluding hydrogens is 287 g/mol. The van der Waals surface area contributed by atoms with Gasteiger partial charge in [-0.15, -0.1) is 0 Å². The van der Waals surface area contributed by atoms with Crippen molar-refractivity contribution in [3.63, 3.8) is 0 Å². The molecule has 0 amide bonds. The fourth-order valence-electron chi connectivity index (χ4n) is 1.34. The summed E-state index contributed by atoms with van der Waals surface area (Å²) in [5.41, 5.74) is 1.35. The van der Waals surface area contributed by atoms with Gasteiger partial charge in [0.1, 0.15) is 0 Å². The van der Waals surface area contributed by atoms with Crippen LogP contribution in [0.25, 0.3) is 0 Å². The van der Waals surface area contributed by atoms with Gasteiger partial charge in [-0.3, -0.25) is 0 Å². The van der Waals surface area contributed by atoms with E-state index in [2.05, 4.69) is 46.9 Å². The fraction of sp³-hybridized carbons (Fsp3) is 0.333. The first-order valence-corrected chi connectivity index (χ1v) is 6.06. The van der Waals surface area contributed by atoms with Crippen molar-refractivity contribution >= 4 is 22.6 Å². The Morgan fingerprint density at radius 2 is 2.00 bits per heavy atom. The van der Waals surface area contributed by atoms with Gasteiger partial charge in [-0.05, 0) is 28.9 Å².